The largest absolute Gasteiger partial charge is 0.461 e. The molecule has 0 aromatic carbocycles. The van der Waals surface area contributed by atoms with Gasteiger partial charge in [-0.2, -0.15) is 0 Å². The fourth-order valence-electron chi connectivity index (χ4n) is 3.53. The van der Waals surface area contributed by atoms with Crippen molar-refractivity contribution >= 4 is 11.8 Å². The van der Waals surface area contributed by atoms with Gasteiger partial charge in [0.15, 0.2) is 5.78 Å². The molecule has 4 heteroatoms. The second kappa shape index (κ2) is 4.75. The number of fused-ring (bicyclic) bond motifs is 1. The number of hydrogen-bond acceptors (Lipinski definition) is 4. The smallest absolute Gasteiger partial charge is 0.302 e. The van der Waals surface area contributed by atoms with Crippen molar-refractivity contribution in [2.75, 3.05) is 7.11 Å². The molecule has 4 nitrogen and oxygen atoms in total. The number of allylic oxidation sites excluding steroid dienone is 1. The number of carbonyl (C=O) groups excluding carboxylic acids is 2. The molecule has 0 amide bonds. The summed E-state index contributed by atoms with van der Waals surface area (Å²) >= 11 is 0. The van der Waals surface area contributed by atoms with Crippen LogP contribution < -0.4 is 0 Å². The Labute approximate surface area is 114 Å². The molecule has 2 aliphatic rings. The van der Waals surface area contributed by atoms with Crippen molar-refractivity contribution in [3.05, 3.63) is 11.6 Å². The van der Waals surface area contributed by atoms with E-state index in [-0.39, 0.29) is 29.7 Å². The molecule has 2 aliphatic carbocycles. The summed E-state index contributed by atoms with van der Waals surface area (Å²) in [5.41, 5.74) is 0.264. The van der Waals surface area contributed by atoms with E-state index in [1.807, 2.05) is 6.92 Å². The van der Waals surface area contributed by atoms with Gasteiger partial charge in [0.2, 0.25) is 0 Å². The Bertz CT molecular complexity index is 439. The van der Waals surface area contributed by atoms with Crippen LogP contribution in [0.5, 0.6) is 0 Å². The van der Waals surface area contributed by atoms with Gasteiger partial charge in [0, 0.05) is 25.9 Å². The quantitative estimate of drug-likeness (QED) is 0.720. The SMILES string of the molecule is CO[C@@]1(C)CCC[C@@]2(C)C1=CC(=O)C[C@@H]2OC(C)=O. The standard InChI is InChI=1S/C15H22O4/c1-10(16)19-13-9-11(17)8-12-14(13,2)6-5-7-15(12,3)18-4/h8,13H,5-7,9H2,1-4H3/t13-,14-,15-/m0/s1. The Morgan fingerprint density at radius 1 is 1.37 bits per heavy atom. The van der Waals surface area contributed by atoms with Crippen molar-refractivity contribution in [1.82, 2.24) is 0 Å². The molecule has 0 spiro atoms. The monoisotopic (exact) mass is 266 g/mol. The first-order valence-corrected chi connectivity index (χ1v) is 6.80. The first-order valence-electron chi connectivity index (χ1n) is 6.80. The van der Waals surface area contributed by atoms with Crippen LogP contribution in [0.3, 0.4) is 0 Å². The molecule has 0 aromatic heterocycles. The van der Waals surface area contributed by atoms with Crippen molar-refractivity contribution in [2.24, 2.45) is 5.41 Å². The molecule has 1 saturated carbocycles. The predicted molar refractivity (Wildman–Crippen MR) is 70.6 cm³/mol. The van der Waals surface area contributed by atoms with E-state index in [0.717, 1.165) is 24.8 Å². The summed E-state index contributed by atoms with van der Waals surface area (Å²) < 4.78 is 11.1. The average molecular weight is 266 g/mol. The summed E-state index contributed by atoms with van der Waals surface area (Å²) in [6, 6.07) is 0. The molecule has 1 fully saturated rings. The van der Waals surface area contributed by atoms with E-state index < -0.39 is 5.60 Å². The van der Waals surface area contributed by atoms with Gasteiger partial charge in [0.05, 0.1) is 5.60 Å². The molecular formula is C15H22O4. The van der Waals surface area contributed by atoms with E-state index in [0.29, 0.717) is 0 Å². The van der Waals surface area contributed by atoms with E-state index in [4.69, 9.17) is 9.47 Å². The summed E-state index contributed by atoms with van der Waals surface area (Å²) in [7, 11) is 1.67. The summed E-state index contributed by atoms with van der Waals surface area (Å²) in [4.78, 5) is 23.2. The van der Waals surface area contributed by atoms with Crippen LogP contribution in [0.2, 0.25) is 0 Å². The zero-order valence-corrected chi connectivity index (χ0v) is 12.1. The molecule has 0 saturated heterocycles. The molecule has 106 valence electrons. The molecule has 0 bridgehead atoms. The lowest BCUT2D eigenvalue weighted by Crippen LogP contribution is -2.52. The normalized spacial score (nSPS) is 38.4. The van der Waals surface area contributed by atoms with Crippen molar-refractivity contribution in [3.8, 4) is 0 Å². The lowest BCUT2D eigenvalue weighted by Gasteiger charge is -2.51. The summed E-state index contributed by atoms with van der Waals surface area (Å²) in [5, 5.41) is 0. The van der Waals surface area contributed by atoms with Gasteiger partial charge in [-0.15, -0.1) is 0 Å². The second-order valence-electron chi connectivity index (χ2n) is 6.03. The molecule has 0 heterocycles. The Kier molecular flexibility index (Phi) is 3.56. The van der Waals surface area contributed by atoms with Crippen molar-refractivity contribution < 1.29 is 19.1 Å². The molecule has 2 rings (SSSR count). The molecule has 0 aliphatic heterocycles. The number of hydrogen-bond donors (Lipinski definition) is 0. The number of methoxy groups -OCH3 is 1. The summed E-state index contributed by atoms with van der Waals surface area (Å²) in [5.74, 6) is -0.311. The Morgan fingerprint density at radius 2 is 2.05 bits per heavy atom. The van der Waals surface area contributed by atoms with Crippen molar-refractivity contribution in [2.45, 2.75) is 58.2 Å². The number of esters is 1. The lowest BCUT2D eigenvalue weighted by atomic mass is 9.59. The molecule has 3 atom stereocenters. The maximum absolute atomic E-state index is 11.9. The predicted octanol–water partition coefficient (Wildman–Crippen LogP) is 2.41. The van der Waals surface area contributed by atoms with Gasteiger partial charge in [-0.3, -0.25) is 9.59 Å². The third kappa shape index (κ3) is 2.34. The minimum absolute atomic E-state index is 0.0175. The van der Waals surface area contributed by atoms with Crippen molar-refractivity contribution in [1.29, 1.82) is 0 Å². The van der Waals surface area contributed by atoms with Gasteiger partial charge >= 0.3 is 5.97 Å². The highest BCUT2D eigenvalue weighted by atomic mass is 16.5. The van der Waals surface area contributed by atoms with Crippen LogP contribution in [0.1, 0.15) is 46.5 Å². The van der Waals surface area contributed by atoms with Crippen LogP contribution in [0.4, 0.5) is 0 Å². The van der Waals surface area contributed by atoms with E-state index in [1.165, 1.54) is 6.92 Å². The van der Waals surface area contributed by atoms with E-state index in [9.17, 15) is 9.59 Å². The summed E-state index contributed by atoms with van der Waals surface area (Å²) in [6.45, 7) is 5.49. The Hall–Kier alpha value is -1.16. The molecule has 0 N–H and O–H groups in total. The van der Waals surface area contributed by atoms with Gasteiger partial charge in [0.25, 0.3) is 0 Å². The second-order valence-corrected chi connectivity index (χ2v) is 6.03. The van der Waals surface area contributed by atoms with E-state index in [2.05, 4.69) is 6.92 Å². The maximum atomic E-state index is 11.9. The Morgan fingerprint density at radius 3 is 2.63 bits per heavy atom. The molecule has 0 radical (unpaired) electrons. The first kappa shape index (κ1) is 14.3. The molecule has 0 aromatic rings. The number of rotatable bonds is 2. The molecule has 19 heavy (non-hydrogen) atoms. The van der Waals surface area contributed by atoms with Gasteiger partial charge in [-0.25, -0.2) is 0 Å². The first-order chi connectivity index (χ1) is 8.82. The summed E-state index contributed by atoms with van der Waals surface area (Å²) in [6.07, 6.45) is 4.44. The fourth-order valence-corrected chi connectivity index (χ4v) is 3.53. The highest BCUT2D eigenvalue weighted by molar-refractivity contribution is 5.93. The third-order valence-corrected chi connectivity index (χ3v) is 4.70. The topological polar surface area (TPSA) is 52.6 Å². The highest BCUT2D eigenvalue weighted by Crippen LogP contribution is 2.52. The average Bonchev–Trinajstić information content (AvgIpc) is 2.32. The van der Waals surface area contributed by atoms with Gasteiger partial charge in [-0.1, -0.05) is 6.92 Å². The van der Waals surface area contributed by atoms with Crippen LogP contribution in [0.15, 0.2) is 11.6 Å². The van der Waals surface area contributed by atoms with Gasteiger partial charge in [0.1, 0.15) is 6.10 Å². The van der Waals surface area contributed by atoms with E-state index in [1.54, 1.807) is 13.2 Å². The number of ether oxygens (including phenoxy) is 2. The number of ketones is 1. The van der Waals surface area contributed by atoms with E-state index >= 15 is 0 Å². The Balaban J connectivity index is 2.43. The lowest BCUT2D eigenvalue weighted by molar-refractivity contribution is -0.157. The zero-order chi connectivity index (χ0) is 14.3. The minimum Gasteiger partial charge on any atom is -0.461 e. The third-order valence-electron chi connectivity index (χ3n) is 4.70. The van der Waals surface area contributed by atoms with Crippen LogP contribution in [-0.2, 0) is 19.1 Å². The van der Waals surface area contributed by atoms with Crippen LogP contribution in [-0.4, -0.2) is 30.6 Å². The maximum Gasteiger partial charge on any atom is 0.302 e. The van der Waals surface area contributed by atoms with Crippen molar-refractivity contribution in [3.63, 3.8) is 0 Å². The zero-order valence-electron chi connectivity index (χ0n) is 12.1. The fraction of sp³-hybridized carbons (Fsp3) is 0.733. The van der Waals surface area contributed by atoms with Gasteiger partial charge < -0.3 is 9.47 Å². The van der Waals surface area contributed by atoms with Crippen LogP contribution >= 0.6 is 0 Å². The highest BCUT2D eigenvalue weighted by Gasteiger charge is 2.52. The molecule has 0 unspecified atom stereocenters. The van der Waals surface area contributed by atoms with Gasteiger partial charge in [-0.05, 0) is 37.8 Å². The number of carbonyl (C=O) groups is 2. The van der Waals surface area contributed by atoms with Crippen LogP contribution in [0.25, 0.3) is 0 Å². The van der Waals surface area contributed by atoms with Crippen LogP contribution in [0, 0.1) is 5.41 Å². The molecular weight excluding hydrogens is 244 g/mol. The minimum atomic E-state index is -0.429.